The van der Waals surface area contributed by atoms with Crippen molar-refractivity contribution in [3.63, 3.8) is 0 Å². The Morgan fingerprint density at radius 3 is 2.42 bits per heavy atom. The number of hydrogen-bond acceptors (Lipinski definition) is 3. The minimum absolute atomic E-state index is 0.184. The summed E-state index contributed by atoms with van der Waals surface area (Å²) in [6.07, 6.45) is 2.40. The fourth-order valence-corrected chi connectivity index (χ4v) is 2.69. The predicted molar refractivity (Wildman–Crippen MR) is 82.6 cm³/mol. The molecule has 1 aliphatic rings. The molecule has 0 radical (unpaired) electrons. The Hall–Kier alpha value is -0.120. The summed E-state index contributed by atoms with van der Waals surface area (Å²) < 4.78 is 5.72. The van der Waals surface area contributed by atoms with Crippen LogP contribution in [0, 0.1) is 5.41 Å². The maximum atomic E-state index is 5.72. The van der Waals surface area contributed by atoms with Crippen molar-refractivity contribution >= 4 is 0 Å². The average molecular weight is 270 g/mol. The third kappa shape index (κ3) is 5.41. The normalized spacial score (nSPS) is 26.1. The van der Waals surface area contributed by atoms with Crippen LogP contribution in [-0.2, 0) is 4.74 Å². The van der Waals surface area contributed by atoms with E-state index in [0.29, 0.717) is 11.5 Å². The highest BCUT2D eigenvalue weighted by molar-refractivity contribution is 4.91. The van der Waals surface area contributed by atoms with Crippen LogP contribution in [0.4, 0.5) is 0 Å². The molecule has 0 saturated carbocycles. The third-order valence-corrected chi connectivity index (χ3v) is 4.34. The molecule has 1 fully saturated rings. The van der Waals surface area contributed by atoms with Gasteiger partial charge in [-0.05, 0) is 47.1 Å². The van der Waals surface area contributed by atoms with Crippen LogP contribution in [0.1, 0.15) is 54.4 Å². The lowest BCUT2D eigenvalue weighted by Crippen LogP contribution is -2.50. The molecule has 0 amide bonds. The maximum Gasteiger partial charge on any atom is 0.0547 e. The van der Waals surface area contributed by atoms with E-state index in [-0.39, 0.29) is 5.54 Å². The van der Waals surface area contributed by atoms with E-state index in [1.165, 1.54) is 12.8 Å². The van der Waals surface area contributed by atoms with Crippen LogP contribution < -0.4 is 5.32 Å². The number of hydrogen-bond donors (Lipinski definition) is 1. The second-order valence-electron chi connectivity index (χ2n) is 7.23. The van der Waals surface area contributed by atoms with Gasteiger partial charge in [0.2, 0.25) is 0 Å². The van der Waals surface area contributed by atoms with E-state index < -0.39 is 0 Å². The van der Waals surface area contributed by atoms with Crippen LogP contribution in [0.3, 0.4) is 0 Å². The summed E-state index contributed by atoms with van der Waals surface area (Å²) in [6, 6.07) is 0.664. The van der Waals surface area contributed by atoms with Crippen molar-refractivity contribution in [2.45, 2.75) is 66.0 Å². The zero-order valence-corrected chi connectivity index (χ0v) is 13.9. The van der Waals surface area contributed by atoms with Gasteiger partial charge in [0.15, 0.2) is 0 Å². The number of nitrogens with zero attached hydrogens (tertiary/aromatic N) is 1. The van der Waals surface area contributed by atoms with Gasteiger partial charge in [-0.15, -0.1) is 0 Å². The van der Waals surface area contributed by atoms with Gasteiger partial charge < -0.3 is 15.0 Å². The largest absolute Gasteiger partial charge is 0.381 e. The Balaban J connectivity index is 2.65. The molecular weight excluding hydrogens is 236 g/mol. The zero-order chi connectivity index (χ0) is 14.5. The van der Waals surface area contributed by atoms with Crippen molar-refractivity contribution in [2.24, 2.45) is 5.41 Å². The molecule has 0 bridgehead atoms. The lowest BCUT2D eigenvalue weighted by atomic mass is 9.85. The standard InChI is InChI=1S/C16H34N2O/c1-7-14(3)18(8-2)12-16(9-10-19-13-16)11-17-15(4,5)6/h14,17H,7-13H2,1-6H3. The molecule has 0 aliphatic carbocycles. The van der Waals surface area contributed by atoms with Crippen molar-refractivity contribution in [3.8, 4) is 0 Å². The molecule has 0 aromatic rings. The molecule has 0 aromatic carbocycles. The highest BCUT2D eigenvalue weighted by Crippen LogP contribution is 2.30. The molecule has 3 nitrogen and oxygen atoms in total. The number of nitrogens with one attached hydrogen (secondary N) is 1. The van der Waals surface area contributed by atoms with E-state index >= 15 is 0 Å². The second-order valence-corrected chi connectivity index (χ2v) is 7.23. The molecule has 1 N–H and O–H groups in total. The highest BCUT2D eigenvalue weighted by Gasteiger charge is 2.37. The first-order valence-corrected chi connectivity index (χ1v) is 7.89. The third-order valence-electron chi connectivity index (χ3n) is 4.34. The van der Waals surface area contributed by atoms with E-state index in [1.807, 2.05) is 0 Å². The highest BCUT2D eigenvalue weighted by atomic mass is 16.5. The first kappa shape index (κ1) is 16.9. The van der Waals surface area contributed by atoms with E-state index in [9.17, 15) is 0 Å². The molecule has 1 rings (SSSR count). The van der Waals surface area contributed by atoms with Gasteiger partial charge in [0.1, 0.15) is 0 Å². The fraction of sp³-hybridized carbons (Fsp3) is 1.00. The summed E-state index contributed by atoms with van der Waals surface area (Å²) in [5.41, 5.74) is 0.482. The van der Waals surface area contributed by atoms with Crippen LogP contribution in [0.2, 0.25) is 0 Å². The zero-order valence-electron chi connectivity index (χ0n) is 13.9. The summed E-state index contributed by atoms with van der Waals surface area (Å²) in [5.74, 6) is 0. The lowest BCUT2D eigenvalue weighted by Gasteiger charge is -2.38. The predicted octanol–water partition coefficient (Wildman–Crippen LogP) is 2.90. The molecule has 0 spiro atoms. The number of rotatable bonds is 7. The summed E-state index contributed by atoms with van der Waals surface area (Å²) in [6.45, 7) is 18.8. The van der Waals surface area contributed by atoms with Crippen LogP contribution in [-0.4, -0.2) is 49.3 Å². The van der Waals surface area contributed by atoms with Gasteiger partial charge in [-0.1, -0.05) is 13.8 Å². The molecule has 2 unspecified atom stereocenters. The average Bonchev–Trinajstić information content (AvgIpc) is 2.81. The Bertz CT molecular complexity index is 254. The van der Waals surface area contributed by atoms with Gasteiger partial charge in [-0.3, -0.25) is 0 Å². The molecule has 1 saturated heterocycles. The molecule has 0 aromatic heterocycles. The molecule has 1 heterocycles. The second kappa shape index (κ2) is 7.05. The van der Waals surface area contributed by atoms with Gasteiger partial charge in [-0.2, -0.15) is 0 Å². The van der Waals surface area contributed by atoms with Gasteiger partial charge in [0, 0.05) is 36.7 Å². The molecule has 3 heteroatoms. The molecule has 19 heavy (non-hydrogen) atoms. The van der Waals surface area contributed by atoms with Crippen LogP contribution in [0.25, 0.3) is 0 Å². The van der Waals surface area contributed by atoms with E-state index in [4.69, 9.17) is 4.74 Å². The summed E-state index contributed by atoms with van der Waals surface area (Å²) >= 11 is 0. The van der Waals surface area contributed by atoms with Crippen LogP contribution in [0.5, 0.6) is 0 Å². The Morgan fingerprint density at radius 2 is 2.00 bits per heavy atom. The van der Waals surface area contributed by atoms with Crippen molar-refractivity contribution in [2.75, 3.05) is 32.8 Å². The Morgan fingerprint density at radius 1 is 1.32 bits per heavy atom. The van der Waals surface area contributed by atoms with E-state index in [0.717, 1.165) is 32.8 Å². The molecule has 114 valence electrons. The minimum atomic E-state index is 0.184. The smallest absolute Gasteiger partial charge is 0.0547 e. The molecule has 1 aliphatic heterocycles. The topological polar surface area (TPSA) is 24.5 Å². The molecular formula is C16H34N2O. The van der Waals surface area contributed by atoms with Gasteiger partial charge in [0.05, 0.1) is 6.61 Å². The summed E-state index contributed by atoms with van der Waals surface area (Å²) in [5, 5.41) is 3.68. The van der Waals surface area contributed by atoms with Crippen LogP contribution >= 0.6 is 0 Å². The first-order valence-electron chi connectivity index (χ1n) is 7.89. The van der Waals surface area contributed by atoms with Gasteiger partial charge in [-0.25, -0.2) is 0 Å². The van der Waals surface area contributed by atoms with E-state index in [1.54, 1.807) is 0 Å². The first-order chi connectivity index (χ1) is 8.82. The Labute approximate surface area is 120 Å². The van der Waals surface area contributed by atoms with Crippen molar-refractivity contribution < 1.29 is 4.74 Å². The van der Waals surface area contributed by atoms with Crippen molar-refractivity contribution in [1.82, 2.24) is 10.2 Å². The molecule has 2 atom stereocenters. The monoisotopic (exact) mass is 270 g/mol. The fourth-order valence-electron chi connectivity index (χ4n) is 2.69. The van der Waals surface area contributed by atoms with Crippen LogP contribution in [0.15, 0.2) is 0 Å². The maximum absolute atomic E-state index is 5.72. The Kier molecular flexibility index (Phi) is 6.28. The SMILES string of the molecule is CCC(C)N(CC)CC1(CNC(C)(C)C)CCOC1. The number of ether oxygens (including phenoxy) is 1. The van der Waals surface area contributed by atoms with Crippen molar-refractivity contribution in [1.29, 1.82) is 0 Å². The van der Waals surface area contributed by atoms with Gasteiger partial charge >= 0.3 is 0 Å². The van der Waals surface area contributed by atoms with Gasteiger partial charge in [0.25, 0.3) is 0 Å². The minimum Gasteiger partial charge on any atom is -0.381 e. The van der Waals surface area contributed by atoms with Crippen molar-refractivity contribution in [3.05, 3.63) is 0 Å². The summed E-state index contributed by atoms with van der Waals surface area (Å²) in [7, 11) is 0. The quantitative estimate of drug-likeness (QED) is 0.770. The summed E-state index contributed by atoms with van der Waals surface area (Å²) in [4.78, 5) is 2.61. The van der Waals surface area contributed by atoms with E-state index in [2.05, 4.69) is 51.8 Å². The lowest BCUT2D eigenvalue weighted by molar-refractivity contribution is 0.0862.